The van der Waals surface area contributed by atoms with Crippen LogP contribution >= 0.6 is 0 Å². The van der Waals surface area contributed by atoms with Crippen molar-refractivity contribution in [2.75, 3.05) is 13.2 Å². The molecular formula is C21H21N3O. The fraction of sp³-hybridized carbons (Fsp3) is 0.238. The Labute approximate surface area is 147 Å². The van der Waals surface area contributed by atoms with Crippen molar-refractivity contribution < 1.29 is 4.74 Å². The van der Waals surface area contributed by atoms with E-state index in [-0.39, 0.29) is 6.04 Å². The molecule has 4 heteroatoms. The molecule has 4 rings (SSSR count). The third-order valence-electron chi connectivity index (χ3n) is 4.53. The summed E-state index contributed by atoms with van der Waals surface area (Å²) in [6.07, 6.45) is 4.68. The molecule has 2 aromatic heterocycles. The smallest absolute Gasteiger partial charge is 0.107 e. The van der Waals surface area contributed by atoms with Gasteiger partial charge in [-0.2, -0.15) is 0 Å². The van der Waals surface area contributed by atoms with Gasteiger partial charge in [-0.3, -0.25) is 4.98 Å². The van der Waals surface area contributed by atoms with E-state index in [0.29, 0.717) is 13.2 Å². The molecule has 0 amide bonds. The molecule has 2 heterocycles. The highest BCUT2D eigenvalue weighted by molar-refractivity contribution is 6.01. The lowest BCUT2D eigenvalue weighted by Gasteiger charge is -2.20. The van der Waals surface area contributed by atoms with Gasteiger partial charge in [-0.15, -0.1) is 0 Å². The number of hydrogen-bond acceptors (Lipinski definition) is 3. The minimum atomic E-state index is 0.193. The summed E-state index contributed by atoms with van der Waals surface area (Å²) < 4.78 is 8.04. The molecule has 0 saturated heterocycles. The largest absolute Gasteiger partial charge is 0.380 e. The van der Waals surface area contributed by atoms with Gasteiger partial charge in [0.2, 0.25) is 0 Å². The van der Waals surface area contributed by atoms with Gasteiger partial charge in [0.05, 0.1) is 36.2 Å². The van der Waals surface area contributed by atoms with Crippen molar-refractivity contribution in [2.45, 2.75) is 19.4 Å². The van der Waals surface area contributed by atoms with Crippen LogP contribution in [0.3, 0.4) is 0 Å². The SMILES string of the molecule is CCOC[C@H](Cc1ccccc1)n1cnc2cnc3ccccc3c21. The van der Waals surface area contributed by atoms with Gasteiger partial charge >= 0.3 is 0 Å². The van der Waals surface area contributed by atoms with Crippen LogP contribution in [0.25, 0.3) is 21.9 Å². The Balaban J connectivity index is 1.82. The van der Waals surface area contributed by atoms with Crippen LogP contribution in [0, 0.1) is 0 Å². The van der Waals surface area contributed by atoms with E-state index in [4.69, 9.17) is 4.74 Å². The summed E-state index contributed by atoms with van der Waals surface area (Å²) in [4.78, 5) is 9.11. The second-order valence-electron chi connectivity index (χ2n) is 6.16. The summed E-state index contributed by atoms with van der Waals surface area (Å²) in [7, 11) is 0. The lowest BCUT2D eigenvalue weighted by Crippen LogP contribution is -2.17. The molecule has 4 aromatic rings. The first kappa shape index (κ1) is 15.8. The Morgan fingerprint density at radius 2 is 1.76 bits per heavy atom. The molecule has 0 aliphatic carbocycles. The highest BCUT2D eigenvalue weighted by Crippen LogP contribution is 2.27. The average molecular weight is 331 g/mol. The molecule has 0 unspecified atom stereocenters. The van der Waals surface area contributed by atoms with E-state index in [1.165, 1.54) is 5.56 Å². The first-order valence-corrected chi connectivity index (χ1v) is 8.68. The number of nitrogens with zero attached hydrogens (tertiary/aromatic N) is 3. The van der Waals surface area contributed by atoms with Crippen LogP contribution in [0.15, 0.2) is 67.1 Å². The zero-order chi connectivity index (χ0) is 17.1. The van der Waals surface area contributed by atoms with Gasteiger partial charge in [0, 0.05) is 12.0 Å². The van der Waals surface area contributed by atoms with Crippen molar-refractivity contribution >= 4 is 21.9 Å². The molecule has 2 aromatic carbocycles. The van der Waals surface area contributed by atoms with Gasteiger partial charge in [-0.05, 0) is 25.0 Å². The number of rotatable bonds is 6. The quantitative estimate of drug-likeness (QED) is 0.525. The van der Waals surface area contributed by atoms with Crippen molar-refractivity contribution in [3.63, 3.8) is 0 Å². The van der Waals surface area contributed by atoms with Crippen molar-refractivity contribution in [1.29, 1.82) is 0 Å². The summed E-state index contributed by atoms with van der Waals surface area (Å²) in [5.41, 5.74) is 4.35. The van der Waals surface area contributed by atoms with Crippen LogP contribution in [0.2, 0.25) is 0 Å². The first-order valence-electron chi connectivity index (χ1n) is 8.68. The number of fused-ring (bicyclic) bond motifs is 3. The van der Waals surface area contributed by atoms with Gasteiger partial charge < -0.3 is 9.30 Å². The van der Waals surface area contributed by atoms with Crippen molar-refractivity contribution in [2.24, 2.45) is 0 Å². The van der Waals surface area contributed by atoms with Gasteiger partial charge in [0.15, 0.2) is 0 Å². The van der Waals surface area contributed by atoms with Crippen LogP contribution in [0.1, 0.15) is 18.5 Å². The Kier molecular flexibility index (Phi) is 4.44. The lowest BCUT2D eigenvalue weighted by atomic mass is 10.1. The third kappa shape index (κ3) is 3.13. The summed E-state index contributed by atoms with van der Waals surface area (Å²) in [5, 5.41) is 1.13. The molecule has 25 heavy (non-hydrogen) atoms. The molecule has 0 saturated carbocycles. The third-order valence-corrected chi connectivity index (χ3v) is 4.53. The van der Waals surface area contributed by atoms with E-state index in [9.17, 15) is 0 Å². The highest BCUT2D eigenvalue weighted by atomic mass is 16.5. The van der Waals surface area contributed by atoms with Crippen LogP contribution in [0.5, 0.6) is 0 Å². The lowest BCUT2D eigenvalue weighted by molar-refractivity contribution is 0.114. The van der Waals surface area contributed by atoms with Gasteiger partial charge in [0.1, 0.15) is 5.52 Å². The molecule has 0 N–H and O–H groups in total. The maximum atomic E-state index is 5.79. The van der Waals surface area contributed by atoms with Crippen molar-refractivity contribution in [3.8, 4) is 0 Å². The Morgan fingerprint density at radius 1 is 0.960 bits per heavy atom. The Morgan fingerprint density at radius 3 is 2.60 bits per heavy atom. The second kappa shape index (κ2) is 7.03. The Bertz CT molecular complexity index is 978. The van der Waals surface area contributed by atoms with Crippen LogP contribution in [-0.2, 0) is 11.2 Å². The zero-order valence-corrected chi connectivity index (χ0v) is 14.3. The van der Waals surface area contributed by atoms with Crippen molar-refractivity contribution in [3.05, 3.63) is 72.7 Å². The molecule has 0 fully saturated rings. The normalized spacial score (nSPS) is 12.7. The molecule has 0 radical (unpaired) electrons. The van der Waals surface area contributed by atoms with E-state index in [0.717, 1.165) is 28.4 Å². The fourth-order valence-corrected chi connectivity index (χ4v) is 3.32. The van der Waals surface area contributed by atoms with Gasteiger partial charge in [0.25, 0.3) is 0 Å². The summed E-state index contributed by atoms with van der Waals surface area (Å²) >= 11 is 0. The number of ether oxygens (including phenoxy) is 1. The van der Waals surface area contributed by atoms with Crippen LogP contribution in [0.4, 0.5) is 0 Å². The number of hydrogen-bond donors (Lipinski definition) is 0. The first-order chi connectivity index (χ1) is 12.4. The molecule has 1 atom stereocenters. The zero-order valence-electron chi connectivity index (χ0n) is 14.3. The monoisotopic (exact) mass is 331 g/mol. The summed E-state index contributed by atoms with van der Waals surface area (Å²) in [6.45, 7) is 3.40. The minimum Gasteiger partial charge on any atom is -0.380 e. The topological polar surface area (TPSA) is 39.9 Å². The van der Waals surface area contributed by atoms with E-state index >= 15 is 0 Å². The Hall–Kier alpha value is -2.72. The molecule has 0 aliphatic heterocycles. The average Bonchev–Trinajstić information content (AvgIpc) is 3.10. The second-order valence-corrected chi connectivity index (χ2v) is 6.16. The minimum absolute atomic E-state index is 0.193. The predicted molar refractivity (Wildman–Crippen MR) is 101 cm³/mol. The predicted octanol–water partition coefficient (Wildman–Crippen LogP) is 4.40. The number of para-hydroxylation sites is 1. The standard InChI is InChI=1S/C21H21N3O/c1-2-25-14-17(12-16-8-4-3-5-9-16)24-15-23-20-13-22-19-11-7-6-10-18(19)21(20)24/h3-11,13,15,17H,2,12,14H2,1H3/t17-/m0/s1. The maximum Gasteiger partial charge on any atom is 0.107 e. The molecule has 126 valence electrons. The molecule has 0 aliphatic rings. The van der Waals surface area contributed by atoms with E-state index in [1.807, 2.05) is 37.6 Å². The molecule has 4 nitrogen and oxygen atoms in total. The summed E-state index contributed by atoms with van der Waals surface area (Å²) in [5.74, 6) is 0. The van der Waals surface area contributed by atoms with Crippen LogP contribution < -0.4 is 0 Å². The fourth-order valence-electron chi connectivity index (χ4n) is 3.32. The van der Waals surface area contributed by atoms with Gasteiger partial charge in [-0.1, -0.05) is 48.5 Å². The summed E-state index contributed by atoms with van der Waals surface area (Å²) in [6, 6.07) is 19.0. The van der Waals surface area contributed by atoms with Gasteiger partial charge in [-0.25, -0.2) is 4.98 Å². The highest BCUT2D eigenvalue weighted by Gasteiger charge is 2.17. The molecule has 0 bridgehead atoms. The van der Waals surface area contributed by atoms with Crippen LogP contribution in [-0.4, -0.2) is 27.7 Å². The van der Waals surface area contributed by atoms with E-state index in [1.54, 1.807) is 0 Å². The molecular weight excluding hydrogens is 310 g/mol. The maximum absolute atomic E-state index is 5.79. The number of imidazole rings is 1. The van der Waals surface area contributed by atoms with E-state index in [2.05, 4.69) is 50.9 Å². The molecule has 0 spiro atoms. The number of pyridine rings is 1. The van der Waals surface area contributed by atoms with Crippen molar-refractivity contribution in [1.82, 2.24) is 14.5 Å². The number of aromatic nitrogens is 3. The number of benzene rings is 2. The van der Waals surface area contributed by atoms with E-state index < -0.39 is 0 Å².